The molecule has 2 spiro atoms. The molecule has 0 saturated carbocycles. The first-order valence-electron chi connectivity index (χ1n) is 12.7. The van der Waals surface area contributed by atoms with Gasteiger partial charge >= 0.3 is 0 Å². The zero-order chi connectivity index (χ0) is 24.7. The average molecular weight is 478 g/mol. The number of hydrogen-bond acceptors (Lipinski definition) is 4. The summed E-state index contributed by atoms with van der Waals surface area (Å²) in [4.78, 5) is 46.5. The molecule has 4 atom stereocenters. The molecule has 0 radical (unpaired) electrons. The lowest BCUT2D eigenvalue weighted by Crippen LogP contribution is -2.59. The fraction of sp³-hybridized carbons (Fsp3) is 0.300. The van der Waals surface area contributed by atoms with Gasteiger partial charge in [0, 0.05) is 29.6 Å². The SMILES string of the molecule is Cc1ccc(C2C3CCCN3C3(C(=O)Nc4ccccc43)C23CC(=O)N(c2ccccc2)C3=O)cc1. The van der Waals surface area contributed by atoms with Gasteiger partial charge in [-0.05, 0) is 50.1 Å². The lowest BCUT2D eigenvalue weighted by molar-refractivity contribution is -0.143. The number of amides is 3. The minimum Gasteiger partial charge on any atom is -0.324 e. The molecule has 3 fully saturated rings. The van der Waals surface area contributed by atoms with Crippen molar-refractivity contribution in [3.05, 3.63) is 95.6 Å². The summed E-state index contributed by atoms with van der Waals surface area (Å²) in [7, 11) is 0. The molecule has 36 heavy (non-hydrogen) atoms. The van der Waals surface area contributed by atoms with Gasteiger partial charge in [-0.25, -0.2) is 4.90 Å². The van der Waals surface area contributed by atoms with Crippen LogP contribution in [0, 0.1) is 12.3 Å². The van der Waals surface area contributed by atoms with Crippen LogP contribution < -0.4 is 10.2 Å². The first kappa shape index (κ1) is 21.5. The smallest absolute Gasteiger partial charge is 0.250 e. The Hall–Kier alpha value is -3.77. The van der Waals surface area contributed by atoms with E-state index in [4.69, 9.17) is 0 Å². The zero-order valence-corrected chi connectivity index (χ0v) is 20.1. The van der Waals surface area contributed by atoms with Gasteiger partial charge in [0.2, 0.25) is 11.8 Å². The van der Waals surface area contributed by atoms with Crippen molar-refractivity contribution in [3.8, 4) is 0 Å². The van der Waals surface area contributed by atoms with Crippen molar-refractivity contribution in [1.82, 2.24) is 4.90 Å². The van der Waals surface area contributed by atoms with Crippen LogP contribution in [0.5, 0.6) is 0 Å². The van der Waals surface area contributed by atoms with Crippen LogP contribution in [-0.4, -0.2) is 35.2 Å². The Morgan fingerprint density at radius 2 is 1.61 bits per heavy atom. The second-order valence-corrected chi connectivity index (χ2v) is 10.5. The predicted octanol–water partition coefficient (Wildman–Crippen LogP) is 4.35. The topological polar surface area (TPSA) is 69.7 Å². The third-order valence-electron chi connectivity index (χ3n) is 8.90. The Balaban J connectivity index is 1.54. The van der Waals surface area contributed by atoms with Crippen molar-refractivity contribution in [2.24, 2.45) is 5.41 Å². The zero-order valence-electron chi connectivity index (χ0n) is 20.1. The summed E-state index contributed by atoms with van der Waals surface area (Å²) in [5.74, 6) is -1.00. The molecule has 3 saturated heterocycles. The largest absolute Gasteiger partial charge is 0.324 e. The highest BCUT2D eigenvalue weighted by molar-refractivity contribution is 6.26. The van der Waals surface area contributed by atoms with Crippen molar-refractivity contribution in [2.45, 2.75) is 43.7 Å². The highest BCUT2D eigenvalue weighted by Gasteiger charge is 2.80. The Morgan fingerprint density at radius 3 is 2.39 bits per heavy atom. The molecule has 0 aromatic heterocycles. The highest BCUT2D eigenvalue weighted by atomic mass is 16.2. The predicted molar refractivity (Wildman–Crippen MR) is 136 cm³/mol. The molecule has 6 nitrogen and oxygen atoms in total. The number of fused-ring (bicyclic) bond motifs is 5. The number of nitrogens with one attached hydrogen (secondary N) is 1. The molecule has 7 rings (SSSR count). The van der Waals surface area contributed by atoms with E-state index in [1.165, 1.54) is 4.90 Å². The van der Waals surface area contributed by atoms with E-state index in [2.05, 4.69) is 34.5 Å². The van der Waals surface area contributed by atoms with E-state index in [9.17, 15) is 14.4 Å². The molecule has 0 aliphatic carbocycles. The Kier molecular flexibility index (Phi) is 4.40. The van der Waals surface area contributed by atoms with Gasteiger partial charge < -0.3 is 5.32 Å². The number of nitrogens with zero attached hydrogens (tertiary/aromatic N) is 2. The molecule has 3 aromatic rings. The molecule has 6 heteroatoms. The van der Waals surface area contributed by atoms with Gasteiger partial charge in [-0.1, -0.05) is 66.2 Å². The summed E-state index contributed by atoms with van der Waals surface area (Å²) < 4.78 is 0. The van der Waals surface area contributed by atoms with Gasteiger partial charge in [0.1, 0.15) is 5.54 Å². The van der Waals surface area contributed by atoms with Gasteiger partial charge in [0.05, 0.1) is 11.1 Å². The van der Waals surface area contributed by atoms with Crippen LogP contribution in [0.15, 0.2) is 78.9 Å². The molecular weight excluding hydrogens is 450 g/mol. The standard InChI is InChI=1S/C30H27N3O3/c1-19-13-15-20(16-14-19)26-24-12-7-17-32(24)30(22-10-5-6-11-23(22)31-27(30)35)29(26)18-25(34)33(28(29)36)21-8-3-2-4-9-21/h2-6,8-11,13-16,24,26H,7,12,17-18H2,1H3,(H,31,35). The number of imide groups is 1. The summed E-state index contributed by atoms with van der Waals surface area (Å²) >= 11 is 0. The lowest BCUT2D eigenvalue weighted by Gasteiger charge is -2.43. The van der Waals surface area contributed by atoms with Crippen molar-refractivity contribution < 1.29 is 14.4 Å². The molecule has 4 aliphatic rings. The van der Waals surface area contributed by atoms with E-state index in [1.54, 1.807) is 12.1 Å². The van der Waals surface area contributed by atoms with Gasteiger partial charge in [-0.2, -0.15) is 0 Å². The van der Waals surface area contributed by atoms with Crippen LogP contribution >= 0.6 is 0 Å². The van der Waals surface area contributed by atoms with Crippen LogP contribution in [0.4, 0.5) is 11.4 Å². The van der Waals surface area contributed by atoms with E-state index in [0.717, 1.165) is 35.2 Å². The molecule has 180 valence electrons. The third kappa shape index (κ3) is 2.42. The summed E-state index contributed by atoms with van der Waals surface area (Å²) in [5, 5.41) is 3.10. The van der Waals surface area contributed by atoms with Crippen LogP contribution in [0.1, 0.15) is 41.9 Å². The van der Waals surface area contributed by atoms with Gasteiger partial charge in [-0.15, -0.1) is 0 Å². The molecule has 4 heterocycles. The van der Waals surface area contributed by atoms with Crippen molar-refractivity contribution in [2.75, 3.05) is 16.8 Å². The second kappa shape index (κ2) is 7.37. The maximum Gasteiger partial charge on any atom is 0.250 e. The Bertz CT molecular complexity index is 1420. The van der Waals surface area contributed by atoms with E-state index in [0.29, 0.717) is 12.2 Å². The van der Waals surface area contributed by atoms with E-state index in [1.807, 2.05) is 49.4 Å². The number of benzene rings is 3. The maximum atomic E-state index is 14.8. The van der Waals surface area contributed by atoms with Crippen LogP contribution in [-0.2, 0) is 19.9 Å². The Morgan fingerprint density at radius 1 is 0.889 bits per heavy atom. The normalized spacial score (nSPS) is 30.9. The van der Waals surface area contributed by atoms with E-state index < -0.39 is 11.0 Å². The fourth-order valence-electron chi connectivity index (χ4n) is 7.69. The number of anilines is 2. The monoisotopic (exact) mass is 477 g/mol. The summed E-state index contributed by atoms with van der Waals surface area (Å²) in [5.41, 5.74) is 1.76. The minimum absolute atomic E-state index is 0.00593. The summed E-state index contributed by atoms with van der Waals surface area (Å²) in [6, 6.07) is 25.1. The molecule has 1 N–H and O–H groups in total. The molecular formula is C30H27N3O3. The van der Waals surface area contributed by atoms with Gasteiger partial charge in [0.25, 0.3) is 5.91 Å². The first-order valence-corrected chi connectivity index (χ1v) is 12.7. The van der Waals surface area contributed by atoms with Crippen LogP contribution in [0.2, 0.25) is 0 Å². The van der Waals surface area contributed by atoms with Gasteiger partial charge in [-0.3, -0.25) is 19.3 Å². The quantitative estimate of drug-likeness (QED) is 0.557. The number of carbonyl (C=O) groups excluding carboxylic acids is 3. The molecule has 3 amide bonds. The molecule has 4 aliphatic heterocycles. The maximum absolute atomic E-state index is 14.8. The Labute approximate surface area is 209 Å². The number of carbonyl (C=O) groups is 3. The number of rotatable bonds is 2. The van der Waals surface area contributed by atoms with Crippen molar-refractivity contribution in [3.63, 3.8) is 0 Å². The number of aryl methyl sites for hydroxylation is 1. The second-order valence-electron chi connectivity index (χ2n) is 10.5. The van der Waals surface area contributed by atoms with Crippen LogP contribution in [0.25, 0.3) is 0 Å². The van der Waals surface area contributed by atoms with Crippen molar-refractivity contribution in [1.29, 1.82) is 0 Å². The average Bonchev–Trinajstić information content (AvgIpc) is 3.59. The fourth-order valence-corrected chi connectivity index (χ4v) is 7.69. The molecule has 4 unspecified atom stereocenters. The minimum atomic E-state index is -1.25. The van der Waals surface area contributed by atoms with E-state index in [-0.39, 0.29) is 36.1 Å². The van der Waals surface area contributed by atoms with Crippen molar-refractivity contribution >= 4 is 29.1 Å². The molecule has 3 aromatic carbocycles. The third-order valence-corrected chi connectivity index (χ3v) is 8.90. The number of hydrogen-bond donors (Lipinski definition) is 1. The molecule has 0 bridgehead atoms. The number of para-hydroxylation sites is 2. The summed E-state index contributed by atoms with van der Waals surface area (Å²) in [6.45, 7) is 2.75. The highest BCUT2D eigenvalue weighted by Crippen LogP contribution is 2.70. The van der Waals surface area contributed by atoms with E-state index >= 15 is 0 Å². The van der Waals surface area contributed by atoms with Gasteiger partial charge in [0.15, 0.2) is 0 Å². The van der Waals surface area contributed by atoms with Crippen LogP contribution in [0.3, 0.4) is 0 Å². The summed E-state index contributed by atoms with van der Waals surface area (Å²) in [6.07, 6.45) is 1.82. The lowest BCUT2D eigenvalue weighted by atomic mass is 9.58. The first-order chi connectivity index (χ1) is 17.5.